The molecule has 2 saturated heterocycles. The van der Waals surface area contributed by atoms with Gasteiger partial charge in [-0.15, -0.1) is 0 Å². The van der Waals surface area contributed by atoms with Crippen molar-refractivity contribution in [3.05, 3.63) is 52.9 Å². The molecule has 46 heavy (non-hydrogen) atoms. The Morgan fingerprint density at radius 2 is 1.85 bits per heavy atom. The molecule has 1 N–H and O–H groups in total. The molecule has 2 aliphatic heterocycles. The summed E-state index contributed by atoms with van der Waals surface area (Å²) in [7, 11) is -1.31. The van der Waals surface area contributed by atoms with Crippen LogP contribution in [-0.2, 0) is 16.4 Å². The Bertz CT molecular complexity index is 1690. The van der Waals surface area contributed by atoms with E-state index < -0.39 is 10.0 Å². The van der Waals surface area contributed by atoms with Crippen molar-refractivity contribution in [2.75, 3.05) is 62.3 Å². The monoisotopic (exact) mass is 667 g/mol. The first-order valence-corrected chi connectivity index (χ1v) is 18.4. The first-order chi connectivity index (χ1) is 22.0. The van der Waals surface area contributed by atoms with Crippen molar-refractivity contribution >= 4 is 45.0 Å². The van der Waals surface area contributed by atoms with Gasteiger partial charge >= 0.3 is 0 Å². The zero-order valence-electron chi connectivity index (χ0n) is 27.5. The van der Waals surface area contributed by atoms with E-state index in [0.717, 1.165) is 74.8 Å². The number of hydrogen-bond donors (Lipinski definition) is 1. The number of hydrogen-bond acceptors (Lipinski definition) is 9. The maximum absolute atomic E-state index is 13.0. The minimum Gasteiger partial charge on any atom is -0.489 e. The van der Waals surface area contributed by atoms with Crippen molar-refractivity contribution < 1.29 is 13.2 Å². The zero-order chi connectivity index (χ0) is 32.6. The molecule has 1 aliphatic carbocycles. The van der Waals surface area contributed by atoms with Crippen LogP contribution in [0.2, 0.25) is 5.02 Å². The number of halogens is 1. The molecule has 1 atom stereocenters. The fourth-order valence-corrected chi connectivity index (χ4v) is 7.96. The normalized spacial score (nSPS) is 19.9. The van der Waals surface area contributed by atoms with Gasteiger partial charge in [-0.25, -0.2) is 22.4 Å². The average Bonchev–Trinajstić information content (AvgIpc) is 3.42. The number of anilines is 3. The summed E-state index contributed by atoms with van der Waals surface area (Å²) in [4.78, 5) is 16.8. The van der Waals surface area contributed by atoms with Crippen LogP contribution in [-0.4, -0.2) is 96.4 Å². The molecule has 1 aromatic carbocycles. The largest absolute Gasteiger partial charge is 0.489 e. The van der Waals surface area contributed by atoms with Crippen LogP contribution < -0.4 is 15.0 Å². The van der Waals surface area contributed by atoms with E-state index in [1.165, 1.54) is 3.97 Å². The second-order valence-corrected chi connectivity index (χ2v) is 15.6. The lowest BCUT2D eigenvalue weighted by atomic mass is 9.92. The minimum atomic E-state index is -3.51. The van der Waals surface area contributed by atoms with E-state index in [1.807, 2.05) is 38.1 Å². The minimum absolute atomic E-state index is 0.00763. The second-order valence-electron chi connectivity index (χ2n) is 13.1. The topological polar surface area (TPSA) is 95.8 Å². The van der Waals surface area contributed by atoms with Crippen LogP contribution in [0.5, 0.6) is 5.75 Å². The molecule has 2 aromatic heterocycles. The van der Waals surface area contributed by atoms with Gasteiger partial charge in [0.05, 0.1) is 40.2 Å². The summed E-state index contributed by atoms with van der Waals surface area (Å²) in [6.45, 7) is 14.4. The predicted octanol–water partition coefficient (Wildman–Crippen LogP) is 5.75. The third-order valence-electron chi connectivity index (χ3n) is 9.33. The molecule has 248 valence electrons. The molecule has 3 aliphatic rings. The van der Waals surface area contributed by atoms with Crippen molar-refractivity contribution in [3.8, 4) is 17.0 Å². The third-order valence-corrected chi connectivity index (χ3v) is 11.2. The maximum Gasteiger partial charge on any atom is 0.238 e. The molecule has 12 heteroatoms. The third kappa shape index (κ3) is 6.93. The van der Waals surface area contributed by atoms with Crippen molar-refractivity contribution in [3.63, 3.8) is 0 Å². The molecule has 0 bridgehead atoms. The van der Waals surface area contributed by atoms with E-state index in [4.69, 9.17) is 21.3 Å². The van der Waals surface area contributed by atoms with Crippen LogP contribution in [0.25, 0.3) is 17.3 Å². The smallest absolute Gasteiger partial charge is 0.238 e. The SMILES string of the molecule is CCS(=O)(=O)n1cc(-c2nc(Nc3ccc(N4CCC(N5CCN(C)CC5)CC4)c(OC(C)C)c3)ncc2Cl)c2c1C=CC(C)C2. The summed E-state index contributed by atoms with van der Waals surface area (Å²) >= 11 is 6.67. The van der Waals surface area contributed by atoms with Crippen LogP contribution in [0.15, 0.2) is 36.7 Å². The molecular formula is C34H46ClN7O3S. The average molecular weight is 668 g/mol. The predicted molar refractivity (Wildman–Crippen MR) is 187 cm³/mol. The van der Waals surface area contributed by atoms with Gasteiger partial charge in [0, 0.05) is 68.8 Å². The van der Waals surface area contributed by atoms with Crippen LogP contribution in [0.4, 0.5) is 17.3 Å². The Morgan fingerprint density at radius 1 is 1.11 bits per heavy atom. The van der Waals surface area contributed by atoms with Crippen LogP contribution >= 0.6 is 11.6 Å². The molecule has 0 spiro atoms. The number of allylic oxidation sites excluding steroid dienone is 1. The summed E-state index contributed by atoms with van der Waals surface area (Å²) in [5, 5.41) is 3.71. The molecule has 2 fully saturated rings. The number of piperazine rings is 1. The standard InChI is InChI=1S/C34H46ClN7O3S/c1-6-46(43,44)42-22-28(27-19-24(4)7-9-30(27)42)33-29(35)21-36-34(38-33)37-25-8-10-31(32(20-25)45-23(2)3)41-13-11-26(12-14-41)40-17-15-39(5)16-18-40/h7-10,20-24,26H,6,11-19H2,1-5H3,(H,36,37,38). The van der Waals surface area contributed by atoms with Gasteiger partial charge in [-0.3, -0.25) is 4.90 Å². The number of piperidine rings is 1. The molecule has 4 heterocycles. The summed E-state index contributed by atoms with van der Waals surface area (Å²) in [6, 6.07) is 6.80. The van der Waals surface area contributed by atoms with Gasteiger partial charge in [-0.1, -0.05) is 24.6 Å². The highest BCUT2D eigenvalue weighted by molar-refractivity contribution is 7.89. The number of likely N-dealkylation sites (N-methyl/N-ethyl adjacent to an activating group) is 1. The highest BCUT2D eigenvalue weighted by Gasteiger charge is 2.29. The highest BCUT2D eigenvalue weighted by Crippen LogP contribution is 2.39. The van der Waals surface area contributed by atoms with Gasteiger partial charge in [-0.2, -0.15) is 0 Å². The molecule has 0 saturated carbocycles. The van der Waals surface area contributed by atoms with Gasteiger partial charge in [-0.05, 0) is 76.8 Å². The lowest BCUT2D eigenvalue weighted by Crippen LogP contribution is -2.52. The van der Waals surface area contributed by atoms with Gasteiger partial charge in [0.2, 0.25) is 16.0 Å². The Balaban J connectivity index is 1.24. The lowest BCUT2D eigenvalue weighted by Gasteiger charge is -2.42. The van der Waals surface area contributed by atoms with Gasteiger partial charge in [0.15, 0.2) is 0 Å². The Hall–Kier alpha value is -3.12. The van der Waals surface area contributed by atoms with Gasteiger partial charge in [0.1, 0.15) is 5.75 Å². The first-order valence-electron chi connectivity index (χ1n) is 16.5. The van der Waals surface area contributed by atoms with E-state index in [1.54, 1.807) is 19.3 Å². The quantitative estimate of drug-likeness (QED) is 0.306. The summed E-state index contributed by atoms with van der Waals surface area (Å²) in [5.74, 6) is 1.45. The van der Waals surface area contributed by atoms with E-state index in [2.05, 4.69) is 45.0 Å². The van der Waals surface area contributed by atoms with Crippen molar-refractivity contribution in [2.24, 2.45) is 5.92 Å². The number of fused-ring (bicyclic) bond motifs is 1. The van der Waals surface area contributed by atoms with Gasteiger partial charge < -0.3 is 19.9 Å². The number of nitrogens with zero attached hydrogens (tertiary/aromatic N) is 6. The first kappa shape index (κ1) is 32.8. The van der Waals surface area contributed by atoms with Crippen LogP contribution in [0.3, 0.4) is 0 Å². The van der Waals surface area contributed by atoms with E-state index in [-0.39, 0.29) is 17.8 Å². The highest BCUT2D eigenvalue weighted by atomic mass is 35.5. The molecule has 3 aromatic rings. The van der Waals surface area contributed by atoms with Crippen molar-refractivity contribution in [1.82, 2.24) is 23.7 Å². The van der Waals surface area contributed by atoms with Crippen molar-refractivity contribution in [2.45, 2.75) is 59.1 Å². The Labute approximate surface area is 278 Å². The molecular weight excluding hydrogens is 622 g/mol. The molecule has 0 amide bonds. The fourth-order valence-electron chi connectivity index (χ4n) is 6.75. The van der Waals surface area contributed by atoms with Crippen molar-refractivity contribution in [1.29, 1.82) is 0 Å². The number of rotatable bonds is 9. The lowest BCUT2D eigenvalue weighted by molar-refractivity contribution is 0.0981. The number of ether oxygens (including phenoxy) is 1. The van der Waals surface area contributed by atoms with Crippen LogP contribution in [0.1, 0.15) is 51.8 Å². The van der Waals surface area contributed by atoms with Crippen LogP contribution in [0, 0.1) is 5.92 Å². The Kier molecular flexibility index (Phi) is 9.66. The number of nitrogens with one attached hydrogen (secondary N) is 1. The molecule has 6 rings (SSSR count). The number of aromatic nitrogens is 3. The summed E-state index contributed by atoms with van der Waals surface area (Å²) < 4.78 is 33.7. The van der Waals surface area contributed by atoms with Gasteiger partial charge in [0.25, 0.3) is 0 Å². The number of benzene rings is 1. The second kappa shape index (κ2) is 13.5. The fraction of sp³-hybridized carbons (Fsp3) is 0.529. The Morgan fingerprint density at radius 3 is 2.54 bits per heavy atom. The zero-order valence-corrected chi connectivity index (χ0v) is 29.1. The van der Waals surface area contributed by atoms with E-state index in [9.17, 15) is 8.42 Å². The maximum atomic E-state index is 13.0. The summed E-state index contributed by atoms with van der Waals surface area (Å²) in [6.07, 6.45) is 10.1. The van der Waals surface area contributed by atoms with E-state index in [0.29, 0.717) is 40.4 Å². The molecule has 10 nitrogen and oxygen atoms in total. The summed E-state index contributed by atoms with van der Waals surface area (Å²) in [5.41, 5.74) is 4.69. The van der Waals surface area contributed by atoms with E-state index >= 15 is 0 Å². The molecule has 1 unspecified atom stereocenters. The molecule has 0 radical (unpaired) electrons.